The molecule has 74 valence electrons. The van der Waals surface area contributed by atoms with Crippen LogP contribution >= 0.6 is 0 Å². The maximum atomic E-state index is 12.9. The first-order chi connectivity index (χ1) is 6.68. The van der Waals surface area contributed by atoms with Gasteiger partial charge in [-0.25, -0.2) is 8.78 Å². The monoisotopic (exact) mass is 196 g/mol. The fourth-order valence-electron chi connectivity index (χ4n) is 1.84. The first kappa shape index (κ1) is 9.31. The predicted molar refractivity (Wildman–Crippen MR) is 48.0 cm³/mol. The average molecular weight is 196 g/mol. The Morgan fingerprint density at radius 2 is 1.93 bits per heavy atom. The molecule has 1 nitrogen and oxygen atoms in total. The smallest absolute Gasteiger partial charge is 0.159 e. The van der Waals surface area contributed by atoms with Gasteiger partial charge in [0.1, 0.15) is 6.29 Å². The molecule has 1 fully saturated rings. The lowest BCUT2D eigenvalue weighted by atomic mass is 9.65. The summed E-state index contributed by atoms with van der Waals surface area (Å²) >= 11 is 0. The summed E-state index contributed by atoms with van der Waals surface area (Å²) in [5, 5.41) is 0. The van der Waals surface area contributed by atoms with Crippen LogP contribution in [0.25, 0.3) is 0 Å². The zero-order valence-corrected chi connectivity index (χ0v) is 7.59. The number of carbonyl (C=O) groups excluding carboxylic acids is 1. The lowest BCUT2D eigenvalue weighted by Crippen LogP contribution is -2.35. The predicted octanol–water partition coefficient (Wildman–Crippen LogP) is 2.59. The van der Waals surface area contributed by atoms with Crippen LogP contribution in [0.4, 0.5) is 8.78 Å². The molecule has 0 N–H and O–H groups in total. The van der Waals surface area contributed by atoms with Crippen LogP contribution in [-0.2, 0) is 10.2 Å². The Bertz CT molecular complexity index is 370. The van der Waals surface area contributed by atoms with E-state index in [0.29, 0.717) is 5.56 Å². The third-order valence-electron chi connectivity index (χ3n) is 2.97. The van der Waals surface area contributed by atoms with Gasteiger partial charge < -0.3 is 4.79 Å². The standard InChI is InChI=1S/C11H10F2O/c12-9-3-2-8(6-10(9)13)11(7-14)4-1-5-11/h2-3,6-7H,1,4-5H2. The van der Waals surface area contributed by atoms with Crippen molar-refractivity contribution in [3.63, 3.8) is 0 Å². The second-order valence-electron chi connectivity index (χ2n) is 3.76. The van der Waals surface area contributed by atoms with Gasteiger partial charge in [0, 0.05) is 0 Å². The van der Waals surface area contributed by atoms with Gasteiger partial charge in [-0.2, -0.15) is 0 Å². The van der Waals surface area contributed by atoms with Gasteiger partial charge in [-0.05, 0) is 30.5 Å². The summed E-state index contributed by atoms with van der Waals surface area (Å²) in [6, 6.07) is 3.70. The number of carbonyl (C=O) groups is 1. The molecule has 1 aromatic rings. The zero-order valence-electron chi connectivity index (χ0n) is 7.59. The lowest BCUT2D eigenvalue weighted by Gasteiger charge is -2.37. The number of hydrogen-bond donors (Lipinski definition) is 0. The molecule has 0 bridgehead atoms. The lowest BCUT2D eigenvalue weighted by molar-refractivity contribution is -0.115. The van der Waals surface area contributed by atoms with Crippen molar-refractivity contribution in [1.82, 2.24) is 0 Å². The number of halogens is 2. The van der Waals surface area contributed by atoms with E-state index in [1.165, 1.54) is 6.07 Å². The largest absolute Gasteiger partial charge is 0.302 e. The van der Waals surface area contributed by atoms with Crippen LogP contribution in [0.2, 0.25) is 0 Å². The number of hydrogen-bond acceptors (Lipinski definition) is 1. The second-order valence-corrected chi connectivity index (χ2v) is 3.76. The highest BCUT2D eigenvalue weighted by atomic mass is 19.2. The van der Waals surface area contributed by atoms with E-state index in [2.05, 4.69) is 0 Å². The molecule has 0 aliphatic heterocycles. The summed E-state index contributed by atoms with van der Waals surface area (Å²) in [4.78, 5) is 10.9. The van der Waals surface area contributed by atoms with Gasteiger partial charge in [0.05, 0.1) is 5.41 Å². The van der Waals surface area contributed by atoms with Crippen LogP contribution in [-0.4, -0.2) is 6.29 Å². The molecule has 1 aromatic carbocycles. The van der Waals surface area contributed by atoms with Crippen molar-refractivity contribution in [1.29, 1.82) is 0 Å². The Balaban J connectivity index is 2.41. The van der Waals surface area contributed by atoms with Crippen molar-refractivity contribution in [3.8, 4) is 0 Å². The Hall–Kier alpha value is -1.25. The highest BCUT2D eigenvalue weighted by Crippen LogP contribution is 2.42. The van der Waals surface area contributed by atoms with E-state index in [4.69, 9.17) is 0 Å². The summed E-state index contributed by atoms with van der Waals surface area (Å²) in [5.74, 6) is -1.75. The number of benzene rings is 1. The van der Waals surface area contributed by atoms with E-state index < -0.39 is 17.0 Å². The van der Waals surface area contributed by atoms with Gasteiger partial charge in [0.25, 0.3) is 0 Å². The second kappa shape index (κ2) is 3.15. The van der Waals surface area contributed by atoms with Crippen molar-refractivity contribution in [3.05, 3.63) is 35.4 Å². The Labute approximate surface area is 80.7 Å². The molecule has 0 amide bonds. The molecule has 1 aliphatic carbocycles. The molecule has 14 heavy (non-hydrogen) atoms. The van der Waals surface area contributed by atoms with Crippen molar-refractivity contribution in [2.45, 2.75) is 24.7 Å². The third kappa shape index (κ3) is 1.24. The van der Waals surface area contributed by atoms with E-state index >= 15 is 0 Å². The molecule has 0 saturated heterocycles. The molecule has 0 atom stereocenters. The Morgan fingerprint density at radius 3 is 2.36 bits per heavy atom. The molecule has 0 heterocycles. The number of rotatable bonds is 2. The van der Waals surface area contributed by atoms with E-state index in [0.717, 1.165) is 37.7 Å². The molecule has 0 radical (unpaired) electrons. The maximum absolute atomic E-state index is 12.9. The molecule has 1 aliphatic rings. The minimum Gasteiger partial charge on any atom is -0.302 e. The topological polar surface area (TPSA) is 17.1 Å². The van der Waals surface area contributed by atoms with Gasteiger partial charge in [-0.1, -0.05) is 12.5 Å². The van der Waals surface area contributed by atoms with Crippen LogP contribution in [0.1, 0.15) is 24.8 Å². The Morgan fingerprint density at radius 1 is 1.21 bits per heavy atom. The minimum atomic E-state index is -0.879. The molecular weight excluding hydrogens is 186 g/mol. The van der Waals surface area contributed by atoms with Crippen molar-refractivity contribution < 1.29 is 13.6 Å². The fraction of sp³-hybridized carbons (Fsp3) is 0.364. The molecule has 0 unspecified atom stereocenters. The summed E-state index contributed by atoms with van der Waals surface area (Å²) in [6.07, 6.45) is 3.30. The van der Waals surface area contributed by atoms with Crippen LogP contribution in [0.3, 0.4) is 0 Å². The van der Waals surface area contributed by atoms with Gasteiger partial charge in [-0.15, -0.1) is 0 Å². The van der Waals surface area contributed by atoms with E-state index in [1.54, 1.807) is 0 Å². The van der Waals surface area contributed by atoms with Crippen LogP contribution in [0, 0.1) is 11.6 Å². The van der Waals surface area contributed by atoms with Crippen LogP contribution in [0.15, 0.2) is 18.2 Å². The minimum absolute atomic E-state index is 0.547. The van der Waals surface area contributed by atoms with E-state index in [9.17, 15) is 13.6 Å². The van der Waals surface area contributed by atoms with Crippen molar-refractivity contribution in [2.75, 3.05) is 0 Å². The van der Waals surface area contributed by atoms with E-state index in [1.807, 2.05) is 0 Å². The van der Waals surface area contributed by atoms with Crippen molar-refractivity contribution in [2.24, 2.45) is 0 Å². The average Bonchev–Trinajstić information content (AvgIpc) is 2.10. The summed E-state index contributed by atoms with van der Waals surface area (Å²) in [6.45, 7) is 0. The Kier molecular flexibility index (Phi) is 2.10. The molecule has 3 heteroatoms. The van der Waals surface area contributed by atoms with Crippen LogP contribution in [0.5, 0.6) is 0 Å². The maximum Gasteiger partial charge on any atom is 0.159 e. The number of aldehydes is 1. The van der Waals surface area contributed by atoms with Gasteiger partial charge >= 0.3 is 0 Å². The highest BCUT2D eigenvalue weighted by Gasteiger charge is 2.38. The van der Waals surface area contributed by atoms with Crippen LogP contribution < -0.4 is 0 Å². The van der Waals surface area contributed by atoms with E-state index in [-0.39, 0.29) is 0 Å². The quantitative estimate of drug-likeness (QED) is 0.664. The van der Waals surface area contributed by atoms with Gasteiger partial charge in [0.2, 0.25) is 0 Å². The molecule has 0 aromatic heterocycles. The van der Waals surface area contributed by atoms with Gasteiger partial charge in [-0.3, -0.25) is 0 Å². The first-order valence-corrected chi connectivity index (χ1v) is 4.60. The summed E-state index contributed by atoms with van der Waals surface area (Å²) in [5.41, 5.74) is 0.0480. The summed E-state index contributed by atoms with van der Waals surface area (Å²) < 4.78 is 25.6. The summed E-state index contributed by atoms with van der Waals surface area (Å²) in [7, 11) is 0. The molecular formula is C11H10F2O. The zero-order chi connectivity index (χ0) is 10.2. The molecule has 1 saturated carbocycles. The third-order valence-corrected chi connectivity index (χ3v) is 2.97. The molecule has 0 spiro atoms. The highest BCUT2D eigenvalue weighted by molar-refractivity contribution is 5.70. The first-order valence-electron chi connectivity index (χ1n) is 4.60. The molecule has 2 rings (SSSR count). The van der Waals surface area contributed by atoms with Gasteiger partial charge in [0.15, 0.2) is 11.6 Å². The normalized spacial score (nSPS) is 18.7. The SMILES string of the molecule is O=CC1(c2ccc(F)c(F)c2)CCC1. The van der Waals surface area contributed by atoms with Crippen molar-refractivity contribution >= 4 is 6.29 Å². The fourth-order valence-corrected chi connectivity index (χ4v) is 1.84.